The third-order valence-corrected chi connectivity index (χ3v) is 6.10. The van der Waals surface area contributed by atoms with Crippen LogP contribution in [0, 0.1) is 5.82 Å². The molecule has 0 spiro atoms. The Kier molecular flexibility index (Phi) is 7.58. The highest BCUT2D eigenvalue weighted by molar-refractivity contribution is 6.30. The number of hydrogen-bond acceptors (Lipinski definition) is 6. The van der Waals surface area contributed by atoms with Gasteiger partial charge in [0.25, 0.3) is 11.8 Å². The van der Waals surface area contributed by atoms with Gasteiger partial charge in [-0.15, -0.1) is 0 Å². The first-order valence-corrected chi connectivity index (χ1v) is 11.6. The van der Waals surface area contributed by atoms with E-state index in [0.29, 0.717) is 17.0 Å². The predicted octanol–water partition coefficient (Wildman–Crippen LogP) is 4.52. The van der Waals surface area contributed by atoms with Crippen molar-refractivity contribution < 1.29 is 42.1 Å². The normalized spacial score (nSPS) is 18.8. The van der Waals surface area contributed by atoms with Gasteiger partial charge in [-0.2, -0.15) is 0 Å². The van der Waals surface area contributed by atoms with Crippen molar-refractivity contribution >= 4 is 29.2 Å². The zero-order valence-corrected chi connectivity index (χ0v) is 20.9. The van der Waals surface area contributed by atoms with Gasteiger partial charge in [0, 0.05) is 11.1 Å². The molecule has 200 valence electrons. The Hall–Kier alpha value is -4.12. The Labute approximate surface area is 220 Å². The van der Waals surface area contributed by atoms with Gasteiger partial charge in [-0.25, -0.2) is 18.0 Å². The molecule has 3 N–H and O–H groups in total. The second kappa shape index (κ2) is 10.7. The molecule has 1 aliphatic heterocycles. The number of nitrogens with one attached hydrogen (secondary N) is 2. The summed E-state index contributed by atoms with van der Waals surface area (Å²) in [5, 5.41) is 15.2. The molecule has 0 radical (unpaired) electrons. The maximum Gasteiger partial charge on any atom is 0.335 e. The molecule has 2 aromatic carbocycles. The molecular weight excluding hydrogens is 529 g/mol. The van der Waals surface area contributed by atoms with Crippen LogP contribution in [-0.2, 0) is 9.53 Å². The lowest BCUT2D eigenvalue weighted by atomic mass is 10.0. The molecule has 38 heavy (non-hydrogen) atoms. The number of carbonyl (C=O) groups is 2. The van der Waals surface area contributed by atoms with Crippen molar-refractivity contribution in [1.82, 2.24) is 10.6 Å². The van der Waals surface area contributed by atoms with Gasteiger partial charge in [0.2, 0.25) is 0 Å². The second-order valence-corrected chi connectivity index (χ2v) is 8.76. The minimum Gasteiger partial charge on any atom is -0.495 e. The van der Waals surface area contributed by atoms with Gasteiger partial charge in [-0.1, -0.05) is 11.6 Å². The molecule has 1 atom stereocenters. The molecule has 2 aliphatic rings. The number of amides is 1. The summed E-state index contributed by atoms with van der Waals surface area (Å²) in [4.78, 5) is 24.8. The van der Waals surface area contributed by atoms with Crippen LogP contribution in [0.25, 0.3) is 5.70 Å². The van der Waals surface area contributed by atoms with E-state index in [1.165, 1.54) is 62.8 Å². The molecule has 0 aromatic heterocycles. The molecule has 1 unspecified atom stereocenters. The fraction of sp³-hybridized carbons (Fsp3) is 0.231. The quantitative estimate of drug-likeness (QED) is 0.394. The van der Waals surface area contributed by atoms with Gasteiger partial charge < -0.3 is 30.0 Å². The van der Waals surface area contributed by atoms with E-state index >= 15 is 0 Å². The molecule has 4 rings (SSSR count). The molecule has 0 bridgehead atoms. The molecule has 8 nitrogen and oxygen atoms in total. The highest BCUT2D eigenvalue weighted by Crippen LogP contribution is 2.46. The van der Waals surface area contributed by atoms with Crippen LogP contribution < -0.4 is 20.1 Å². The summed E-state index contributed by atoms with van der Waals surface area (Å²) >= 11 is 5.90. The Morgan fingerprint density at radius 2 is 1.87 bits per heavy atom. The Balaban J connectivity index is 1.52. The number of aliphatic carboxylic acids is 1. The molecule has 1 heterocycles. The van der Waals surface area contributed by atoms with E-state index in [1.807, 2.05) is 0 Å². The number of allylic oxidation sites excluding steroid dienone is 2. The zero-order valence-electron chi connectivity index (χ0n) is 20.1. The lowest BCUT2D eigenvalue weighted by Crippen LogP contribution is -2.31. The van der Waals surface area contributed by atoms with Crippen LogP contribution in [0.3, 0.4) is 0 Å². The van der Waals surface area contributed by atoms with Crippen molar-refractivity contribution in [2.45, 2.75) is 18.4 Å². The number of ether oxygens (including phenoxy) is 3. The van der Waals surface area contributed by atoms with Gasteiger partial charge in [0.15, 0.2) is 17.6 Å². The van der Waals surface area contributed by atoms with E-state index in [9.17, 15) is 27.9 Å². The first-order valence-electron chi connectivity index (χ1n) is 11.2. The lowest BCUT2D eigenvalue weighted by Gasteiger charge is -2.21. The first kappa shape index (κ1) is 26.9. The van der Waals surface area contributed by atoms with Crippen LogP contribution >= 0.6 is 11.6 Å². The van der Waals surface area contributed by atoms with Crippen LogP contribution in [0.4, 0.5) is 13.2 Å². The number of methoxy groups -OCH3 is 2. The Morgan fingerprint density at radius 3 is 2.47 bits per heavy atom. The summed E-state index contributed by atoms with van der Waals surface area (Å²) in [5.41, 5.74) is 0.863. The fourth-order valence-corrected chi connectivity index (χ4v) is 3.81. The SMILES string of the molecule is COC1=C(c2ccc(F)c(Cl)c2)NC(=C(CNC(=O)c2ccc(OC3CC3(F)F)c(OC)c2)C(=O)O)C=C1. The largest absolute Gasteiger partial charge is 0.495 e. The highest BCUT2D eigenvalue weighted by atomic mass is 35.5. The van der Waals surface area contributed by atoms with E-state index in [-0.39, 0.29) is 39.9 Å². The number of hydrogen-bond donors (Lipinski definition) is 3. The molecular formula is C26H22ClF3N2O6. The number of rotatable bonds is 9. The standard InChI is InChI=1S/C26H22ClF3N2O6/c1-36-20-8-6-18(32-23(20)13-3-5-17(28)16(27)9-13)15(25(34)35)12-31-24(33)14-4-7-19(21(10-14)37-2)38-22-11-26(22,29)30/h3-10,22,32H,11-12H2,1-2H3,(H,31,33)(H,34,35). The van der Waals surface area contributed by atoms with Gasteiger partial charge >= 0.3 is 5.97 Å². The van der Waals surface area contributed by atoms with Gasteiger partial charge in [0.1, 0.15) is 11.6 Å². The monoisotopic (exact) mass is 550 g/mol. The third-order valence-electron chi connectivity index (χ3n) is 5.81. The Bertz CT molecular complexity index is 1390. The van der Waals surface area contributed by atoms with E-state index in [0.717, 1.165) is 0 Å². The molecule has 1 saturated carbocycles. The molecule has 2 aromatic rings. The van der Waals surface area contributed by atoms with Crippen molar-refractivity contribution in [3.05, 3.63) is 87.5 Å². The van der Waals surface area contributed by atoms with E-state index < -0.39 is 36.1 Å². The van der Waals surface area contributed by atoms with Crippen molar-refractivity contribution in [2.24, 2.45) is 0 Å². The highest BCUT2D eigenvalue weighted by Gasteiger charge is 2.60. The molecule has 0 saturated heterocycles. The number of halogens is 4. The fourth-order valence-electron chi connectivity index (χ4n) is 3.62. The van der Waals surface area contributed by atoms with Crippen LogP contribution in [0.15, 0.2) is 65.6 Å². The molecule has 1 aliphatic carbocycles. The van der Waals surface area contributed by atoms with Gasteiger partial charge in [-0.3, -0.25) is 4.79 Å². The van der Waals surface area contributed by atoms with Crippen molar-refractivity contribution in [3.63, 3.8) is 0 Å². The maximum atomic E-state index is 13.6. The number of dihydropyridines is 1. The topological polar surface area (TPSA) is 106 Å². The molecule has 12 heteroatoms. The van der Waals surface area contributed by atoms with Crippen LogP contribution in [-0.4, -0.2) is 49.8 Å². The maximum absolute atomic E-state index is 13.6. The van der Waals surface area contributed by atoms with E-state index in [2.05, 4.69) is 10.6 Å². The minimum atomic E-state index is -2.90. The molecule has 1 fully saturated rings. The van der Waals surface area contributed by atoms with Gasteiger partial charge in [0.05, 0.1) is 49.2 Å². The predicted molar refractivity (Wildman–Crippen MR) is 132 cm³/mol. The Morgan fingerprint density at radius 1 is 1.13 bits per heavy atom. The summed E-state index contributed by atoms with van der Waals surface area (Å²) in [7, 11) is 2.72. The van der Waals surface area contributed by atoms with Crippen LogP contribution in [0.2, 0.25) is 5.02 Å². The number of carboxylic acids is 1. The average Bonchev–Trinajstić information content (AvgIpc) is 3.50. The van der Waals surface area contributed by atoms with E-state index in [1.54, 1.807) is 0 Å². The third kappa shape index (κ3) is 5.72. The van der Waals surface area contributed by atoms with Crippen LogP contribution in [0.5, 0.6) is 11.5 Å². The summed E-state index contributed by atoms with van der Waals surface area (Å²) in [6.07, 6.45) is 1.34. The number of benzene rings is 2. The van der Waals surface area contributed by atoms with Crippen molar-refractivity contribution in [2.75, 3.05) is 20.8 Å². The minimum absolute atomic E-state index is 0.0604. The summed E-state index contributed by atoms with van der Waals surface area (Å²) in [6, 6.07) is 7.97. The van der Waals surface area contributed by atoms with E-state index in [4.69, 9.17) is 25.8 Å². The average molecular weight is 551 g/mol. The number of alkyl halides is 2. The first-order chi connectivity index (χ1) is 18.0. The molecule has 1 amide bonds. The number of carboxylic acid groups (broad SMARTS) is 1. The smallest absolute Gasteiger partial charge is 0.335 e. The summed E-state index contributed by atoms with van der Waals surface area (Å²) in [6.45, 7) is -0.379. The van der Waals surface area contributed by atoms with Crippen molar-refractivity contribution in [3.8, 4) is 11.5 Å². The lowest BCUT2D eigenvalue weighted by molar-refractivity contribution is -0.132. The van der Waals surface area contributed by atoms with Crippen LogP contribution in [0.1, 0.15) is 22.3 Å². The van der Waals surface area contributed by atoms with Crippen molar-refractivity contribution in [1.29, 1.82) is 0 Å². The summed E-state index contributed by atoms with van der Waals surface area (Å²) < 4.78 is 55.8. The number of carbonyl (C=O) groups excluding carboxylic acids is 1. The zero-order chi connectivity index (χ0) is 27.6. The second-order valence-electron chi connectivity index (χ2n) is 8.35. The summed E-state index contributed by atoms with van der Waals surface area (Å²) in [5.74, 6) is -4.97. The van der Waals surface area contributed by atoms with Gasteiger partial charge in [-0.05, 0) is 48.6 Å².